The number of nitro groups is 1. The fourth-order valence-electron chi connectivity index (χ4n) is 2.83. The number of nitrogens with zero attached hydrogens (tertiary/aromatic N) is 2. The summed E-state index contributed by atoms with van der Waals surface area (Å²) in [7, 11) is 0. The van der Waals surface area contributed by atoms with Gasteiger partial charge in [-0.3, -0.25) is 15.5 Å². The zero-order valence-electron chi connectivity index (χ0n) is 13.0. The largest absolute Gasteiger partial charge is 0.454 e. The van der Waals surface area contributed by atoms with Gasteiger partial charge in [-0.1, -0.05) is 19.3 Å². The van der Waals surface area contributed by atoms with E-state index in [2.05, 4.69) is 15.8 Å². The van der Waals surface area contributed by atoms with Gasteiger partial charge in [0.15, 0.2) is 16.6 Å². The molecular weight excluding hydrogens is 332 g/mol. The van der Waals surface area contributed by atoms with E-state index in [0.29, 0.717) is 28.2 Å². The molecule has 1 saturated carbocycles. The van der Waals surface area contributed by atoms with Crippen molar-refractivity contribution in [2.75, 3.05) is 6.79 Å². The van der Waals surface area contributed by atoms with E-state index in [1.807, 2.05) is 0 Å². The summed E-state index contributed by atoms with van der Waals surface area (Å²) in [4.78, 5) is 10.7. The molecule has 0 atom stereocenters. The lowest BCUT2D eigenvalue weighted by molar-refractivity contribution is -0.385. The van der Waals surface area contributed by atoms with Crippen LogP contribution < -0.4 is 20.2 Å². The molecule has 2 aliphatic rings. The number of hydrogen-bond donors (Lipinski definition) is 2. The number of hydrogen-bond acceptors (Lipinski definition) is 6. The lowest BCUT2D eigenvalue weighted by atomic mass is 9.96. The van der Waals surface area contributed by atoms with E-state index in [1.54, 1.807) is 0 Å². The highest BCUT2D eigenvalue weighted by Crippen LogP contribution is 2.37. The minimum absolute atomic E-state index is 0.0563. The molecule has 1 aliphatic carbocycles. The van der Waals surface area contributed by atoms with Gasteiger partial charge in [0.1, 0.15) is 0 Å². The molecule has 0 aromatic heterocycles. The summed E-state index contributed by atoms with van der Waals surface area (Å²) in [6.07, 6.45) is 7.22. The second-order valence-electron chi connectivity index (χ2n) is 5.70. The number of hydrazone groups is 1. The highest BCUT2D eigenvalue weighted by molar-refractivity contribution is 7.80. The monoisotopic (exact) mass is 350 g/mol. The third kappa shape index (κ3) is 3.91. The van der Waals surface area contributed by atoms with Gasteiger partial charge >= 0.3 is 0 Å². The molecule has 9 heteroatoms. The number of thiocarbonyl (C=S) groups is 1. The summed E-state index contributed by atoms with van der Waals surface area (Å²) >= 11 is 5.20. The van der Waals surface area contributed by atoms with Crippen LogP contribution in [0.25, 0.3) is 0 Å². The summed E-state index contributed by atoms with van der Waals surface area (Å²) in [5, 5.41) is 18.8. The van der Waals surface area contributed by atoms with Gasteiger partial charge in [0.2, 0.25) is 6.79 Å². The maximum Gasteiger partial charge on any atom is 0.282 e. The highest BCUT2D eigenvalue weighted by Gasteiger charge is 2.22. The minimum atomic E-state index is -0.484. The first kappa shape index (κ1) is 16.4. The molecule has 0 spiro atoms. The Labute approximate surface area is 144 Å². The first-order valence-corrected chi connectivity index (χ1v) is 8.22. The van der Waals surface area contributed by atoms with Gasteiger partial charge in [-0.05, 0) is 31.1 Å². The van der Waals surface area contributed by atoms with E-state index in [9.17, 15) is 10.1 Å². The van der Waals surface area contributed by atoms with Gasteiger partial charge in [0.05, 0.1) is 22.8 Å². The van der Waals surface area contributed by atoms with Crippen LogP contribution in [0, 0.1) is 10.1 Å². The Kier molecular flexibility index (Phi) is 5.09. The fraction of sp³-hybridized carbons (Fsp3) is 0.467. The minimum Gasteiger partial charge on any atom is -0.454 e. The Morgan fingerprint density at radius 1 is 1.29 bits per heavy atom. The first-order chi connectivity index (χ1) is 11.6. The SMILES string of the molecule is O=[N+]([O-])c1cc2c(cc1C=NNC(=S)NC1CCCCC1)OCO2. The van der Waals surface area contributed by atoms with Crippen LogP contribution in [0.15, 0.2) is 17.2 Å². The van der Waals surface area contributed by atoms with Crippen molar-refractivity contribution in [2.24, 2.45) is 5.10 Å². The van der Waals surface area contributed by atoms with Crippen LogP contribution in [0.2, 0.25) is 0 Å². The number of nitro benzene ring substituents is 1. The standard InChI is InChI=1S/C15H18N4O4S/c20-19(21)12-7-14-13(22-9-23-14)6-10(12)8-16-18-15(24)17-11-4-2-1-3-5-11/h6-8,11H,1-5,9H2,(H2,17,18,24). The average molecular weight is 350 g/mol. The van der Waals surface area contributed by atoms with E-state index >= 15 is 0 Å². The zero-order valence-corrected chi connectivity index (χ0v) is 13.8. The van der Waals surface area contributed by atoms with Gasteiger partial charge in [-0.15, -0.1) is 0 Å². The maximum absolute atomic E-state index is 11.2. The van der Waals surface area contributed by atoms with Crippen molar-refractivity contribution in [1.82, 2.24) is 10.7 Å². The van der Waals surface area contributed by atoms with E-state index in [4.69, 9.17) is 21.7 Å². The van der Waals surface area contributed by atoms with Crippen molar-refractivity contribution in [3.8, 4) is 11.5 Å². The molecule has 1 fully saturated rings. The van der Waals surface area contributed by atoms with Crippen LogP contribution in [0.4, 0.5) is 5.69 Å². The number of nitrogens with one attached hydrogen (secondary N) is 2. The van der Waals surface area contributed by atoms with E-state index in [-0.39, 0.29) is 12.5 Å². The third-order valence-electron chi connectivity index (χ3n) is 4.03. The Morgan fingerprint density at radius 2 is 2.00 bits per heavy atom. The van der Waals surface area contributed by atoms with E-state index in [1.165, 1.54) is 37.6 Å². The van der Waals surface area contributed by atoms with Crippen LogP contribution in [-0.2, 0) is 0 Å². The highest BCUT2D eigenvalue weighted by atomic mass is 32.1. The predicted molar refractivity (Wildman–Crippen MR) is 92.6 cm³/mol. The molecule has 128 valence electrons. The molecule has 1 aromatic carbocycles. The van der Waals surface area contributed by atoms with E-state index in [0.717, 1.165) is 12.8 Å². The number of fused-ring (bicyclic) bond motifs is 1. The molecule has 1 aliphatic heterocycles. The van der Waals surface area contributed by atoms with Crippen LogP contribution in [0.1, 0.15) is 37.7 Å². The maximum atomic E-state index is 11.2. The normalized spacial score (nSPS) is 17.0. The van der Waals surface area contributed by atoms with Gasteiger partial charge in [-0.25, -0.2) is 0 Å². The van der Waals surface area contributed by atoms with Crippen molar-refractivity contribution >= 4 is 29.2 Å². The molecule has 24 heavy (non-hydrogen) atoms. The molecule has 1 aromatic rings. The summed E-state index contributed by atoms with van der Waals surface area (Å²) < 4.78 is 10.4. The smallest absolute Gasteiger partial charge is 0.282 e. The lowest BCUT2D eigenvalue weighted by Gasteiger charge is -2.23. The molecule has 2 N–H and O–H groups in total. The number of benzene rings is 1. The van der Waals surface area contributed by atoms with Crippen LogP contribution in [0.5, 0.6) is 11.5 Å². The number of ether oxygens (including phenoxy) is 2. The van der Waals surface area contributed by atoms with Gasteiger partial charge in [0.25, 0.3) is 5.69 Å². The van der Waals surface area contributed by atoms with E-state index < -0.39 is 4.92 Å². The molecule has 1 heterocycles. The molecular formula is C15H18N4O4S. The molecule has 0 unspecified atom stereocenters. The Balaban J connectivity index is 1.63. The predicted octanol–water partition coefficient (Wildman–Crippen LogP) is 2.45. The molecule has 0 amide bonds. The third-order valence-corrected chi connectivity index (χ3v) is 4.24. The van der Waals surface area contributed by atoms with Gasteiger partial charge in [0, 0.05) is 6.04 Å². The second-order valence-corrected chi connectivity index (χ2v) is 6.11. The number of rotatable bonds is 4. The Hall–Kier alpha value is -2.42. The van der Waals surface area contributed by atoms with Gasteiger partial charge < -0.3 is 14.8 Å². The molecule has 3 rings (SSSR count). The average Bonchev–Trinajstić information content (AvgIpc) is 3.02. The van der Waals surface area contributed by atoms with Crippen molar-refractivity contribution in [1.29, 1.82) is 0 Å². The Bertz CT molecular complexity index is 674. The summed E-state index contributed by atoms with van der Waals surface area (Å²) in [6, 6.07) is 3.24. The molecule has 8 nitrogen and oxygen atoms in total. The summed E-state index contributed by atoms with van der Waals surface area (Å²) in [6.45, 7) is 0.0563. The fourth-order valence-corrected chi connectivity index (χ4v) is 3.05. The Morgan fingerprint density at radius 3 is 2.71 bits per heavy atom. The van der Waals surface area contributed by atoms with Crippen LogP contribution in [0.3, 0.4) is 0 Å². The van der Waals surface area contributed by atoms with Crippen LogP contribution >= 0.6 is 12.2 Å². The second kappa shape index (κ2) is 7.43. The molecule has 0 bridgehead atoms. The topological polar surface area (TPSA) is 98.0 Å². The molecule has 0 radical (unpaired) electrons. The summed E-state index contributed by atoms with van der Waals surface area (Å²) in [5.41, 5.74) is 2.92. The van der Waals surface area contributed by atoms with Gasteiger partial charge in [-0.2, -0.15) is 5.10 Å². The van der Waals surface area contributed by atoms with Crippen molar-refractivity contribution < 1.29 is 14.4 Å². The first-order valence-electron chi connectivity index (χ1n) is 7.81. The van der Waals surface area contributed by atoms with Crippen molar-refractivity contribution in [3.63, 3.8) is 0 Å². The van der Waals surface area contributed by atoms with Crippen LogP contribution in [-0.4, -0.2) is 29.1 Å². The van der Waals surface area contributed by atoms with Crippen molar-refractivity contribution in [3.05, 3.63) is 27.8 Å². The lowest BCUT2D eigenvalue weighted by Crippen LogP contribution is -2.40. The summed E-state index contributed by atoms with van der Waals surface area (Å²) in [5.74, 6) is 0.825. The van der Waals surface area contributed by atoms with Crippen molar-refractivity contribution in [2.45, 2.75) is 38.1 Å². The quantitative estimate of drug-likeness (QED) is 0.372. The molecule has 0 saturated heterocycles. The zero-order chi connectivity index (χ0) is 16.9.